The highest BCUT2D eigenvalue weighted by Gasteiger charge is 2.23. The van der Waals surface area contributed by atoms with E-state index in [1.165, 1.54) is 0 Å². The molecule has 1 aliphatic rings. The smallest absolute Gasteiger partial charge is 0.315 e. The van der Waals surface area contributed by atoms with Crippen molar-refractivity contribution in [2.45, 2.75) is 44.7 Å². The predicted octanol–water partition coefficient (Wildman–Crippen LogP) is -0.182. The summed E-state index contributed by atoms with van der Waals surface area (Å²) in [5.74, 6) is -1.06. The third-order valence-electron chi connectivity index (χ3n) is 2.76. The van der Waals surface area contributed by atoms with Crippen molar-refractivity contribution in [2.24, 2.45) is 0 Å². The summed E-state index contributed by atoms with van der Waals surface area (Å²) >= 11 is 0. The third kappa shape index (κ3) is 5.03. The molecule has 0 aromatic carbocycles. The molecule has 18 heavy (non-hydrogen) atoms. The largest absolute Gasteiger partial charge is 0.481 e. The molecule has 7 nitrogen and oxygen atoms in total. The number of carboxylic acid groups (broad SMARTS) is 1. The number of carbonyl (C=O) groups is 3. The van der Waals surface area contributed by atoms with E-state index in [2.05, 4.69) is 16.0 Å². The zero-order valence-electron chi connectivity index (χ0n) is 10.4. The maximum Gasteiger partial charge on any atom is 0.315 e. The second-order valence-electron chi connectivity index (χ2n) is 4.44. The molecule has 3 amide bonds. The topological polar surface area (TPSA) is 108 Å². The Balaban J connectivity index is 2.27. The van der Waals surface area contributed by atoms with Gasteiger partial charge in [-0.15, -0.1) is 0 Å². The SMILES string of the molecule is CC(CCC(=O)O)NC(=O)NC1CCCNC1=O. The zero-order chi connectivity index (χ0) is 13.5. The number of hydrogen-bond acceptors (Lipinski definition) is 3. The van der Waals surface area contributed by atoms with Gasteiger partial charge < -0.3 is 21.1 Å². The van der Waals surface area contributed by atoms with E-state index in [9.17, 15) is 14.4 Å². The van der Waals surface area contributed by atoms with E-state index >= 15 is 0 Å². The summed E-state index contributed by atoms with van der Waals surface area (Å²) in [6.07, 6.45) is 1.83. The Hall–Kier alpha value is -1.79. The molecule has 0 bridgehead atoms. The monoisotopic (exact) mass is 257 g/mol. The minimum atomic E-state index is -0.893. The van der Waals surface area contributed by atoms with E-state index in [4.69, 9.17) is 5.11 Å². The predicted molar refractivity (Wildman–Crippen MR) is 64.0 cm³/mol. The van der Waals surface area contributed by atoms with Crippen LogP contribution in [0.3, 0.4) is 0 Å². The zero-order valence-corrected chi connectivity index (χ0v) is 10.4. The van der Waals surface area contributed by atoms with Gasteiger partial charge in [-0.25, -0.2) is 4.79 Å². The first kappa shape index (κ1) is 14.3. The van der Waals surface area contributed by atoms with Gasteiger partial charge in [-0.1, -0.05) is 0 Å². The standard InChI is InChI=1S/C11H19N3O4/c1-7(4-5-9(15)16)13-11(18)14-8-3-2-6-12-10(8)17/h7-8H,2-6H2,1H3,(H,12,17)(H,15,16)(H2,13,14,18). The first-order valence-electron chi connectivity index (χ1n) is 6.05. The number of rotatable bonds is 5. The lowest BCUT2D eigenvalue weighted by Crippen LogP contribution is -2.53. The Kier molecular flexibility index (Phi) is 5.41. The molecule has 0 aliphatic carbocycles. The van der Waals surface area contributed by atoms with Gasteiger partial charge >= 0.3 is 12.0 Å². The molecular formula is C11H19N3O4. The Morgan fingerprint density at radius 3 is 2.89 bits per heavy atom. The lowest BCUT2D eigenvalue weighted by Gasteiger charge is -2.23. The van der Waals surface area contributed by atoms with Crippen molar-refractivity contribution in [1.29, 1.82) is 0 Å². The molecule has 2 atom stereocenters. The molecule has 1 saturated heterocycles. The van der Waals surface area contributed by atoms with Crippen LogP contribution in [0.15, 0.2) is 0 Å². The van der Waals surface area contributed by atoms with Crippen molar-refractivity contribution in [2.75, 3.05) is 6.54 Å². The van der Waals surface area contributed by atoms with Crippen LogP contribution in [0.5, 0.6) is 0 Å². The number of hydrogen-bond donors (Lipinski definition) is 4. The fourth-order valence-corrected chi connectivity index (χ4v) is 1.75. The maximum absolute atomic E-state index is 11.6. The first-order valence-corrected chi connectivity index (χ1v) is 6.05. The van der Waals surface area contributed by atoms with Gasteiger partial charge in [0.1, 0.15) is 6.04 Å². The molecular weight excluding hydrogens is 238 g/mol. The molecule has 1 rings (SSSR count). The molecule has 102 valence electrons. The van der Waals surface area contributed by atoms with Gasteiger partial charge in [0.05, 0.1) is 0 Å². The van der Waals surface area contributed by atoms with Gasteiger partial charge in [-0.2, -0.15) is 0 Å². The molecule has 0 saturated carbocycles. The number of nitrogens with one attached hydrogen (secondary N) is 3. The van der Waals surface area contributed by atoms with Crippen LogP contribution in [0, 0.1) is 0 Å². The number of carbonyl (C=O) groups excluding carboxylic acids is 2. The van der Waals surface area contributed by atoms with Crippen LogP contribution in [-0.4, -0.2) is 41.6 Å². The molecule has 1 fully saturated rings. The van der Waals surface area contributed by atoms with E-state index in [0.29, 0.717) is 19.4 Å². The summed E-state index contributed by atoms with van der Waals surface area (Å²) in [5, 5.41) is 16.4. The summed E-state index contributed by atoms with van der Waals surface area (Å²) in [6.45, 7) is 2.37. The summed E-state index contributed by atoms with van der Waals surface area (Å²) in [6, 6.07) is -1.17. The summed E-state index contributed by atoms with van der Waals surface area (Å²) in [7, 11) is 0. The van der Waals surface area contributed by atoms with Crippen molar-refractivity contribution in [3.05, 3.63) is 0 Å². The second kappa shape index (κ2) is 6.83. The minimum absolute atomic E-state index is 0.00532. The van der Waals surface area contributed by atoms with Crippen LogP contribution in [-0.2, 0) is 9.59 Å². The molecule has 1 heterocycles. The van der Waals surface area contributed by atoms with E-state index in [-0.39, 0.29) is 18.4 Å². The number of aliphatic carboxylic acids is 1. The quantitative estimate of drug-likeness (QED) is 0.548. The molecule has 0 radical (unpaired) electrons. The lowest BCUT2D eigenvalue weighted by atomic mass is 10.1. The minimum Gasteiger partial charge on any atom is -0.481 e. The van der Waals surface area contributed by atoms with Crippen LogP contribution in [0.25, 0.3) is 0 Å². The molecule has 4 N–H and O–H groups in total. The van der Waals surface area contributed by atoms with Gasteiger partial charge in [-0.3, -0.25) is 9.59 Å². The van der Waals surface area contributed by atoms with E-state index in [1.54, 1.807) is 6.92 Å². The number of piperidine rings is 1. The Morgan fingerprint density at radius 1 is 1.56 bits per heavy atom. The molecule has 2 unspecified atom stereocenters. The van der Waals surface area contributed by atoms with Crippen molar-refractivity contribution < 1.29 is 19.5 Å². The van der Waals surface area contributed by atoms with Crippen LogP contribution in [0.4, 0.5) is 4.79 Å². The fourth-order valence-electron chi connectivity index (χ4n) is 1.75. The number of urea groups is 1. The summed E-state index contributed by atoms with van der Waals surface area (Å²) in [5.41, 5.74) is 0. The van der Waals surface area contributed by atoms with Crippen molar-refractivity contribution in [3.63, 3.8) is 0 Å². The van der Waals surface area contributed by atoms with Gasteiger partial charge in [0.25, 0.3) is 0 Å². The fraction of sp³-hybridized carbons (Fsp3) is 0.727. The Morgan fingerprint density at radius 2 is 2.28 bits per heavy atom. The summed E-state index contributed by atoms with van der Waals surface area (Å²) < 4.78 is 0. The Labute approximate surface area is 105 Å². The van der Waals surface area contributed by atoms with E-state index < -0.39 is 18.0 Å². The van der Waals surface area contributed by atoms with Crippen molar-refractivity contribution >= 4 is 17.9 Å². The first-order chi connectivity index (χ1) is 8.49. The lowest BCUT2D eigenvalue weighted by molar-refractivity contribution is -0.137. The second-order valence-corrected chi connectivity index (χ2v) is 4.44. The number of carboxylic acids is 1. The number of amides is 3. The van der Waals surface area contributed by atoms with Crippen LogP contribution in [0.2, 0.25) is 0 Å². The highest BCUT2D eigenvalue weighted by molar-refractivity contribution is 5.87. The maximum atomic E-state index is 11.6. The van der Waals surface area contributed by atoms with Crippen molar-refractivity contribution in [3.8, 4) is 0 Å². The molecule has 0 aromatic rings. The average Bonchev–Trinajstić information content (AvgIpc) is 2.29. The van der Waals surface area contributed by atoms with Crippen molar-refractivity contribution in [1.82, 2.24) is 16.0 Å². The van der Waals surface area contributed by atoms with Gasteiger partial charge in [0.15, 0.2) is 0 Å². The molecule has 7 heteroatoms. The van der Waals surface area contributed by atoms with Crippen LogP contribution < -0.4 is 16.0 Å². The Bertz CT molecular complexity index is 332. The van der Waals surface area contributed by atoms with Gasteiger partial charge in [0.2, 0.25) is 5.91 Å². The third-order valence-corrected chi connectivity index (χ3v) is 2.76. The highest BCUT2D eigenvalue weighted by Crippen LogP contribution is 2.03. The summed E-state index contributed by atoms with van der Waals surface area (Å²) in [4.78, 5) is 33.3. The van der Waals surface area contributed by atoms with Gasteiger partial charge in [0, 0.05) is 19.0 Å². The van der Waals surface area contributed by atoms with E-state index in [0.717, 1.165) is 6.42 Å². The molecule has 0 aromatic heterocycles. The van der Waals surface area contributed by atoms with E-state index in [1.807, 2.05) is 0 Å². The normalized spacial score (nSPS) is 20.7. The highest BCUT2D eigenvalue weighted by atomic mass is 16.4. The van der Waals surface area contributed by atoms with Crippen LogP contribution in [0.1, 0.15) is 32.6 Å². The van der Waals surface area contributed by atoms with Gasteiger partial charge in [-0.05, 0) is 26.2 Å². The van der Waals surface area contributed by atoms with Crippen LogP contribution >= 0.6 is 0 Å². The average molecular weight is 257 g/mol. The molecule has 0 spiro atoms. The molecule has 1 aliphatic heterocycles.